The summed E-state index contributed by atoms with van der Waals surface area (Å²) in [5.41, 5.74) is -7.29. The highest BCUT2D eigenvalue weighted by Crippen LogP contribution is 2.66. The summed E-state index contributed by atoms with van der Waals surface area (Å²) in [4.78, 5) is 122. The maximum atomic E-state index is 16.1. The van der Waals surface area contributed by atoms with E-state index in [1.54, 1.807) is 127 Å². The van der Waals surface area contributed by atoms with Crippen LogP contribution in [0.25, 0.3) is 21.0 Å². The molecule has 8 aromatic rings. The molecule has 6 aromatic carbocycles. The number of Topliss-reactive ketones (excluding diaryl/α,β-unsaturated/α-hetero) is 4. The lowest BCUT2D eigenvalue weighted by Crippen LogP contribution is -2.46. The molecule has 412 valence electrons. The molecule has 0 amide bonds. The van der Waals surface area contributed by atoms with Crippen LogP contribution in [-0.2, 0) is 70.0 Å². The molecule has 4 aliphatic carbocycles. The van der Waals surface area contributed by atoms with Gasteiger partial charge < -0.3 is 18.9 Å². The van der Waals surface area contributed by atoms with Crippen LogP contribution in [0.5, 0.6) is 0 Å². The third-order valence-electron chi connectivity index (χ3n) is 15.2. The van der Waals surface area contributed by atoms with Gasteiger partial charge in [-0.05, 0) is 75.9 Å². The van der Waals surface area contributed by atoms with Gasteiger partial charge in [-0.25, -0.2) is 0 Å². The molecule has 18 heteroatoms. The van der Waals surface area contributed by atoms with E-state index < -0.39 is 95.4 Å². The van der Waals surface area contributed by atoms with E-state index in [1.165, 1.54) is 24.3 Å². The summed E-state index contributed by atoms with van der Waals surface area (Å²) < 4.78 is 25.3. The SMILES string of the molecule is N#Cc1cc2c(cc1C#N)C(=O)C(=CC1=CC3=C(c4sc5cc(C=C6C(=O)c7cc(C#N)c(C#N)cc7C6=O)sc5c4C3(C(=O)OCc3ccccc3)C(=O)OCc3ccccc3)C1(C(=O)OCc1ccccc1)C(=O)OCc1ccccc1)C2=O. The fraction of sp³-hybridized carbons (Fsp3) is 0.0882. The van der Waals surface area contributed by atoms with Crippen LogP contribution in [0.2, 0.25) is 0 Å². The number of nitriles is 4. The maximum absolute atomic E-state index is 16.1. The normalized spacial score (nSPS) is 14.6. The molecule has 16 nitrogen and oxygen atoms in total. The third-order valence-corrected chi connectivity index (χ3v) is 17.6. The predicted molar refractivity (Wildman–Crippen MR) is 309 cm³/mol. The summed E-state index contributed by atoms with van der Waals surface area (Å²) in [7, 11) is 0. The van der Waals surface area contributed by atoms with E-state index in [1.807, 2.05) is 24.3 Å². The zero-order valence-electron chi connectivity index (χ0n) is 44.5. The fourth-order valence-corrected chi connectivity index (χ4v) is 13.9. The van der Waals surface area contributed by atoms with Crippen molar-refractivity contribution in [1.29, 1.82) is 21.0 Å². The molecule has 0 N–H and O–H groups in total. The highest BCUT2D eigenvalue weighted by atomic mass is 32.1. The second-order valence-corrected chi connectivity index (χ2v) is 22.2. The van der Waals surface area contributed by atoms with E-state index in [0.717, 1.165) is 40.9 Å². The van der Waals surface area contributed by atoms with Gasteiger partial charge in [-0.15, -0.1) is 22.7 Å². The molecule has 0 saturated carbocycles. The summed E-state index contributed by atoms with van der Waals surface area (Å²) in [6.45, 7) is -1.76. The lowest BCUT2D eigenvalue weighted by atomic mass is 9.75. The zero-order valence-corrected chi connectivity index (χ0v) is 46.1. The van der Waals surface area contributed by atoms with Crippen LogP contribution in [-0.4, -0.2) is 47.0 Å². The minimum Gasteiger partial charge on any atom is -0.459 e. The van der Waals surface area contributed by atoms with Crippen LogP contribution in [0.4, 0.5) is 0 Å². The number of rotatable bonds is 14. The Balaban J connectivity index is 1.13. The molecule has 0 bridgehead atoms. The Kier molecular flexibility index (Phi) is 14.1. The van der Waals surface area contributed by atoms with Gasteiger partial charge in [0.05, 0.1) is 38.1 Å². The molecule has 4 aliphatic rings. The Labute approximate surface area is 496 Å². The number of esters is 4. The third kappa shape index (κ3) is 8.85. The number of hydrogen-bond acceptors (Lipinski definition) is 18. The van der Waals surface area contributed by atoms with Crippen molar-refractivity contribution in [2.24, 2.45) is 5.41 Å². The predicted octanol–water partition coefficient (Wildman–Crippen LogP) is 10.8. The Morgan fingerprint density at radius 1 is 0.442 bits per heavy atom. The van der Waals surface area contributed by atoms with Crippen molar-refractivity contribution >= 4 is 90.7 Å². The number of ether oxygens (including phenoxy) is 4. The number of carbonyl (C=O) groups excluding carboxylic acids is 8. The molecule has 0 atom stereocenters. The highest BCUT2D eigenvalue weighted by Gasteiger charge is 2.70. The van der Waals surface area contributed by atoms with E-state index >= 15 is 19.2 Å². The first-order valence-corrected chi connectivity index (χ1v) is 27.9. The molecule has 0 unspecified atom stereocenters. The molecule has 2 aromatic heterocycles. The molecular formula is C68H36N4O12S2. The van der Waals surface area contributed by atoms with Gasteiger partial charge in [-0.1, -0.05) is 127 Å². The molecular weight excluding hydrogens is 1130 g/mol. The number of allylic oxidation sites excluding steroid dienone is 4. The zero-order chi connectivity index (χ0) is 60.0. The van der Waals surface area contributed by atoms with Crippen LogP contribution >= 0.6 is 22.7 Å². The summed E-state index contributed by atoms with van der Waals surface area (Å²) in [5, 5.41) is 39.4. The Morgan fingerprint density at radius 2 is 0.779 bits per heavy atom. The van der Waals surface area contributed by atoms with Crippen LogP contribution in [0, 0.1) is 50.7 Å². The topological polar surface area (TPSA) is 269 Å². The minimum atomic E-state index is -2.93. The van der Waals surface area contributed by atoms with E-state index in [2.05, 4.69) is 0 Å². The quantitative estimate of drug-likeness (QED) is 0.0322. The summed E-state index contributed by atoms with van der Waals surface area (Å²) >= 11 is 1.86. The monoisotopic (exact) mass is 1160 g/mol. The van der Waals surface area contributed by atoms with Crippen molar-refractivity contribution in [2.75, 3.05) is 0 Å². The van der Waals surface area contributed by atoms with Crippen molar-refractivity contribution in [2.45, 2.75) is 31.8 Å². The van der Waals surface area contributed by atoms with E-state index in [0.29, 0.717) is 27.0 Å². The molecule has 86 heavy (non-hydrogen) atoms. The van der Waals surface area contributed by atoms with Gasteiger partial charge in [0.15, 0.2) is 23.1 Å². The smallest absolute Gasteiger partial charge is 0.333 e. The number of ketones is 4. The van der Waals surface area contributed by atoms with Gasteiger partial charge in [0.25, 0.3) is 0 Å². The number of fused-ring (bicyclic) bond motifs is 6. The first-order chi connectivity index (χ1) is 41.8. The van der Waals surface area contributed by atoms with Crippen LogP contribution in [0.1, 0.15) is 101 Å². The minimum absolute atomic E-state index is 0.0232. The second-order valence-electron chi connectivity index (χ2n) is 20.1. The lowest BCUT2D eigenvalue weighted by molar-refractivity contribution is -0.167. The van der Waals surface area contributed by atoms with Gasteiger partial charge in [0.1, 0.15) is 50.7 Å². The molecule has 0 spiro atoms. The van der Waals surface area contributed by atoms with Gasteiger partial charge in [0.2, 0.25) is 10.8 Å². The molecule has 0 saturated heterocycles. The van der Waals surface area contributed by atoms with Gasteiger partial charge in [-0.3, -0.25) is 38.4 Å². The second kappa shape index (κ2) is 22.0. The standard InChI is InChI=1S/C68H36N4O12S2/c69-29-41-21-47-48(22-42(41)30-70)58(74)51(57(47)73)25-45-26-53-55(67(45,63(77)81-33-37-13-5-1-6-14-37)64(78)82-34-38-15-7-2-8-16-38)62-56(68(53,65(79)83-35-39-17-9-3-10-18-39)66(80)84-36-40-19-11-4-12-20-40)61-54(86-62)28-46(85-61)27-52-59(75)49-23-43(31-71)44(32-72)24-50(49)60(52)76/h1-28H,33-36H2. The average molecular weight is 1170 g/mol. The summed E-state index contributed by atoms with van der Waals surface area (Å²) in [5.74, 6) is -8.49. The highest BCUT2D eigenvalue weighted by molar-refractivity contribution is 7.29. The number of carbonyl (C=O) groups is 8. The first-order valence-electron chi connectivity index (χ1n) is 26.2. The van der Waals surface area contributed by atoms with Crippen LogP contribution in [0.15, 0.2) is 186 Å². The largest absolute Gasteiger partial charge is 0.459 e. The first kappa shape index (κ1) is 55.0. The molecule has 0 aliphatic heterocycles. The Bertz CT molecular complexity index is 4460. The molecule has 2 heterocycles. The van der Waals surface area contributed by atoms with Crippen molar-refractivity contribution < 1.29 is 57.3 Å². The lowest BCUT2D eigenvalue weighted by Gasteiger charge is -2.30. The van der Waals surface area contributed by atoms with Crippen LogP contribution < -0.4 is 0 Å². The fourth-order valence-electron chi connectivity index (χ4n) is 11.1. The van der Waals surface area contributed by atoms with Gasteiger partial charge in [0, 0.05) is 47.8 Å². The summed E-state index contributed by atoms with van der Waals surface area (Å²) in [6.07, 6.45) is 3.49. The van der Waals surface area contributed by atoms with E-state index in [-0.39, 0.29) is 81.2 Å². The van der Waals surface area contributed by atoms with Crippen molar-refractivity contribution in [3.8, 4) is 24.3 Å². The number of thiophene rings is 2. The molecule has 0 fully saturated rings. The van der Waals surface area contributed by atoms with E-state index in [9.17, 15) is 40.2 Å². The Morgan fingerprint density at radius 3 is 1.13 bits per heavy atom. The van der Waals surface area contributed by atoms with E-state index in [4.69, 9.17) is 18.9 Å². The summed E-state index contributed by atoms with van der Waals surface area (Å²) in [6, 6.07) is 47.5. The van der Waals surface area contributed by atoms with Crippen LogP contribution in [0.3, 0.4) is 0 Å². The van der Waals surface area contributed by atoms with Gasteiger partial charge in [-0.2, -0.15) is 21.0 Å². The van der Waals surface area contributed by atoms with Crippen molar-refractivity contribution in [3.63, 3.8) is 0 Å². The van der Waals surface area contributed by atoms with Crippen molar-refractivity contribution in [3.05, 3.63) is 268 Å². The Hall–Kier alpha value is -11.5. The molecule has 12 rings (SSSR count). The maximum Gasteiger partial charge on any atom is 0.333 e. The van der Waals surface area contributed by atoms with Gasteiger partial charge >= 0.3 is 23.9 Å². The number of nitrogens with zero attached hydrogens (tertiary/aromatic N) is 4. The van der Waals surface area contributed by atoms with Crippen molar-refractivity contribution in [1.82, 2.24) is 0 Å². The number of benzene rings is 6. The number of hydrogen-bond donors (Lipinski definition) is 0. The average Bonchev–Trinajstić information content (AvgIpc) is 1.50. The molecule has 0 radical (unpaired) electrons.